The Hall–Kier alpha value is -0.0800. The molecule has 0 saturated heterocycles. The summed E-state index contributed by atoms with van der Waals surface area (Å²) in [6, 6.07) is 0. The summed E-state index contributed by atoms with van der Waals surface area (Å²) in [6.45, 7) is 3.02. The molecule has 0 saturated carbocycles. The van der Waals surface area contributed by atoms with E-state index in [9.17, 15) is 10.2 Å². The van der Waals surface area contributed by atoms with Crippen LogP contribution >= 0.6 is 0 Å². The molecule has 0 aliphatic heterocycles. The molecule has 0 N–H and O–H groups in total. The fraction of sp³-hybridized carbons (Fsp3) is 1.00. The van der Waals surface area contributed by atoms with Gasteiger partial charge in [0.2, 0.25) is 0 Å². The van der Waals surface area contributed by atoms with E-state index in [1.165, 1.54) is 13.8 Å². The van der Waals surface area contributed by atoms with Crippen LogP contribution in [-0.2, 0) is 0 Å². The SMILES string of the molecule is CC([O-])CC(C)[O-]. The van der Waals surface area contributed by atoms with Crippen molar-refractivity contribution in [3.63, 3.8) is 0 Å². The van der Waals surface area contributed by atoms with Gasteiger partial charge >= 0.3 is 0 Å². The van der Waals surface area contributed by atoms with Gasteiger partial charge in [-0.05, 0) is 0 Å². The summed E-state index contributed by atoms with van der Waals surface area (Å²) in [5.74, 6) is 0. The number of hydrogen-bond acceptors (Lipinski definition) is 2. The Labute approximate surface area is 43.8 Å². The Morgan fingerprint density at radius 1 is 1.14 bits per heavy atom. The summed E-state index contributed by atoms with van der Waals surface area (Å²) < 4.78 is 0. The highest BCUT2D eigenvalue weighted by Gasteiger charge is 1.82. The average Bonchev–Trinajstić information content (AvgIpc) is 1.27. The Morgan fingerprint density at radius 3 is 1.43 bits per heavy atom. The zero-order chi connectivity index (χ0) is 5.86. The third-order valence-corrected chi connectivity index (χ3v) is 0.664. The minimum absolute atomic E-state index is 0.250. The highest BCUT2D eigenvalue weighted by atomic mass is 16.3. The first-order valence-electron chi connectivity index (χ1n) is 2.44. The molecule has 0 heterocycles. The monoisotopic (exact) mass is 102 g/mol. The molecule has 0 radical (unpaired) electrons. The summed E-state index contributed by atoms with van der Waals surface area (Å²) in [6.07, 6.45) is -1.13. The first kappa shape index (κ1) is 6.92. The molecule has 0 aromatic heterocycles. The topological polar surface area (TPSA) is 46.1 Å². The highest BCUT2D eigenvalue weighted by molar-refractivity contribution is 4.48. The summed E-state index contributed by atoms with van der Waals surface area (Å²) in [7, 11) is 0. The second-order valence-corrected chi connectivity index (χ2v) is 1.86. The quantitative estimate of drug-likeness (QED) is 0.443. The van der Waals surface area contributed by atoms with Gasteiger partial charge in [-0.1, -0.05) is 20.3 Å². The first-order chi connectivity index (χ1) is 3.13. The van der Waals surface area contributed by atoms with Crippen LogP contribution in [0.5, 0.6) is 0 Å². The zero-order valence-corrected chi connectivity index (χ0v) is 4.68. The molecular weight excluding hydrogens is 92.1 g/mol. The van der Waals surface area contributed by atoms with Gasteiger partial charge in [0.25, 0.3) is 0 Å². The molecule has 0 aromatic rings. The Bertz CT molecular complexity index is 35.3. The molecule has 44 valence electrons. The lowest BCUT2D eigenvalue weighted by Gasteiger charge is -2.24. The average molecular weight is 102 g/mol. The maximum absolute atomic E-state index is 10.1. The predicted molar refractivity (Wildman–Crippen MR) is 23.5 cm³/mol. The second-order valence-electron chi connectivity index (χ2n) is 1.86. The molecule has 2 unspecified atom stereocenters. The van der Waals surface area contributed by atoms with Crippen molar-refractivity contribution in [2.45, 2.75) is 32.5 Å². The Balaban J connectivity index is 2.95. The van der Waals surface area contributed by atoms with Gasteiger partial charge in [-0.25, -0.2) is 0 Å². The van der Waals surface area contributed by atoms with Gasteiger partial charge < -0.3 is 10.2 Å². The summed E-state index contributed by atoms with van der Waals surface area (Å²) in [5, 5.41) is 20.3. The third-order valence-electron chi connectivity index (χ3n) is 0.664. The zero-order valence-electron chi connectivity index (χ0n) is 4.68. The van der Waals surface area contributed by atoms with Crippen LogP contribution < -0.4 is 10.2 Å². The van der Waals surface area contributed by atoms with Crippen molar-refractivity contribution in [1.29, 1.82) is 0 Å². The molecule has 0 spiro atoms. The highest BCUT2D eigenvalue weighted by Crippen LogP contribution is 1.87. The Kier molecular flexibility index (Phi) is 2.96. The van der Waals surface area contributed by atoms with Gasteiger partial charge in [0.15, 0.2) is 0 Å². The van der Waals surface area contributed by atoms with E-state index in [-0.39, 0.29) is 6.42 Å². The molecule has 0 fully saturated rings. The van der Waals surface area contributed by atoms with E-state index in [1.807, 2.05) is 0 Å². The van der Waals surface area contributed by atoms with E-state index >= 15 is 0 Å². The predicted octanol–water partition coefficient (Wildman–Crippen LogP) is -1.13. The van der Waals surface area contributed by atoms with Crippen LogP contribution in [-0.4, -0.2) is 12.2 Å². The molecule has 2 heteroatoms. The Morgan fingerprint density at radius 2 is 1.43 bits per heavy atom. The minimum Gasteiger partial charge on any atom is -0.852 e. The van der Waals surface area contributed by atoms with E-state index in [1.54, 1.807) is 0 Å². The van der Waals surface area contributed by atoms with Crippen molar-refractivity contribution in [3.05, 3.63) is 0 Å². The van der Waals surface area contributed by atoms with Gasteiger partial charge in [0.05, 0.1) is 0 Å². The summed E-state index contributed by atoms with van der Waals surface area (Å²) in [4.78, 5) is 0. The van der Waals surface area contributed by atoms with E-state index < -0.39 is 12.2 Å². The van der Waals surface area contributed by atoms with Crippen LogP contribution in [0.3, 0.4) is 0 Å². The van der Waals surface area contributed by atoms with Gasteiger partial charge in [0.1, 0.15) is 0 Å². The molecular formula is C5H10O2-2. The van der Waals surface area contributed by atoms with Crippen molar-refractivity contribution in [2.24, 2.45) is 0 Å². The van der Waals surface area contributed by atoms with Gasteiger partial charge in [-0.3, -0.25) is 0 Å². The fourth-order valence-electron chi connectivity index (χ4n) is 0.467. The summed E-state index contributed by atoms with van der Waals surface area (Å²) >= 11 is 0. The molecule has 0 aromatic carbocycles. The number of rotatable bonds is 2. The van der Waals surface area contributed by atoms with Gasteiger partial charge in [0, 0.05) is 0 Å². The van der Waals surface area contributed by atoms with Gasteiger partial charge in [-0.15, -0.1) is 12.2 Å². The molecule has 0 amide bonds. The van der Waals surface area contributed by atoms with Crippen molar-refractivity contribution in [3.8, 4) is 0 Å². The molecule has 2 nitrogen and oxygen atoms in total. The van der Waals surface area contributed by atoms with Crippen LogP contribution in [0.1, 0.15) is 20.3 Å². The first-order valence-corrected chi connectivity index (χ1v) is 2.44. The van der Waals surface area contributed by atoms with Crippen LogP contribution in [0.2, 0.25) is 0 Å². The smallest absolute Gasteiger partial charge is 0.0780 e. The van der Waals surface area contributed by atoms with E-state index in [4.69, 9.17) is 0 Å². The van der Waals surface area contributed by atoms with E-state index in [0.29, 0.717) is 0 Å². The molecule has 0 rings (SSSR count). The summed E-state index contributed by atoms with van der Waals surface area (Å²) in [5.41, 5.74) is 0. The fourth-order valence-corrected chi connectivity index (χ4v) is 0.467. The number of hydrogen-bond donors (Lipinski definition) is 0. The second kappa shape index (κ2) is 2.99. The largest absolute Gasteiger partial charge is 0.852 e. The normalized spacial score (nSPS) is 18.9. The molecule has 0 bridgehead atoms. The standard InChI is InChI=1S/C5H10O2/c1-4(6)3-5(2)7/h4-5H,3H2,1-2H3/q-2. The van der Waals surface area contributed by atoms with Crippen LogP contribution in [0, 0.1) is 0 Å². The van der Waals surface area contributed by atoms with Crippen LogP contribution in [0.25, 0.3) is 0 Å². The van der Waals surface area contributed by atoms with Crippen molar-refractivity contribution in [1.82, 2.24) is 0 Å². The lowest BCUT2D eigenvalue weighted by Crippen LogP contribution is -2.31. The maximum atomic E-state index is 10.1. The molecule has 2 atom stereocenters. The maximum Gasteiger partial charge on any atom is -0.0780 e. The lowest BCUT2D eigenvalue weighted by molar-refractivity contribution is -0.458. The van der Waals surface area contributed by atoms with Crippen LogP contribution in [0.15, 0.2) is 0 Å². The lowest BCUT2D eigenvalue weighted by atomic mass is 10.2. The van der Waals surface area contributed by atoms with E-state index in [2.05, 4.69) is 0 Å². The molecule has 0 aliphatic rings. The molecule has 7 heavy (non-hydrogen) atoms. The molecule has 0 aliphatic carbocycles. The minimum atomic E-state index is -0.688. The van der Waals surface area contributed by atoms with Crippen molar-refractivity contribution in [2.75, 3.05) is 0 Å². The van der Waals surface area contributed by atoms with Crippen LogP contribution in [0.4, 0.5) is 0 Å². The van der Waals surface area contributed by atoms with E-state index in [0.717, 1.165) is 0 Å². The third kappa shape index (κ3) is 5.92. The van der Waals surface area contributed by atoms with Gasteiger partial charge in [-0.2, -0.15) is 0 Å². The van der Waals surface area contributed by atoms with Crippen molar-refractivity contribution < 1.29 is 10.2 Å². The van der Waals surface area contributed by atoms with Crippen molar-refractivity contribution >= 4 is 0 Å².